The summed E-state index contributed by atoms with van der Waals surface area (Å²) in [5.74, 6) is 0. The van der Waals surface area contributed by atoms with E-state index < -0.39 is 0 Å². The minimum Gasteiger partial charge on any atom is -0.342 e. The molecule has 2 aromatic heterocycles. The summed E-state index contributed by atoms with van der Waals surface area (Å²) in [6.45, 7) is 6.94. The van der Waals surface area contributed by atoms with Gasteiger partial charge in [0, 0.05) is 32.0 Å². The molecule has 21 heavy (non-hydrogen) atoms. The first-order chi connectivity index (χ1) is 9.99. The molecule has 0 N–H and O–H groups in total. The van der Waals surface area contributed by atoms with E-state index in [0.29, 0.717) is 5.69 Å². The van der Waals surface area contributed by atoms with Gasteiger partial charge in [-0.1, -0.05) is 0 Å². The Hall–Kier alpha value is -2.06. The van der Waals surface area contributed by atoms with Crippen LogP contribution in [0.25, 0.3) is 0 Å². The van der Waals surface area contributed by atoms with Crippen molar-refractivity contribution in [3.8, 4) is 6.07 Å². The molecule has 0 aliphatic carbocycles. The number of nitrogens with zero attached hydrogens (tertiary/aromatic N) is 5. The molecular formula is C16H23N5. The number of hydrogen-bond acceptors (Lipinski definition) is 3. The van der Waals surface area contributed by atoms with Crippen molar-refractivity contribution in [3.63, 3.8) is 0 Å². The van der Waals surface area contributed by atoms with E-state index in [1.54, 1.807) is 0 Å². The van der Waals surface area contributed by atoms with Crippen LogP contribution in [0.1, 0.15) is 29.1 Å². The van der Waals surface area contributed by atoms with Crippen molar-refractivity contribution in [2.45, 2.75) is 33.4 Å². The first-order valence-corrected chi connectivity index (χ1v) is 7.24. The molecule has 2 aromatic rings. The van der Waals surface area contributed by atoms with Crippen molar-refractivity contribution in [1.29, 1.82) is 5.26 Å². The van der Waals surface area contributed by atoms with E-state index in [0.717, 1.165) is 31.7 Å². The average Bonchev–Trinajstić information content (AvgIpc) is 2.92. The Morgan fingerprint density at radius 1 is 1.33 bits per heavy atom. The summed E-state index contributed by atoms with van der Waals surface area (Å²) in [7, 11) is 4.02. The minimum atomic E-state index is 0.709. The predicted octanol–water partition coefficient (Wildman–Crippen LogP) is 2.23. The first kappa shape index (κ1) is 15.3. The van der Waals surface area contributed by atoms with Gasteiger partial charge in [-0.2, -0.15) is 10.4 Å². The zero-order valence-electron chi connectivity index (χ0n) is 13.3. The zero-order valence-corrected chi connectivity index (χ0v) is 13.3. The SMILES string of the molecule is Cc1cc(C)n(CCCN(C)Cc2cc(C#N)n(C)c2)n1. The van der Waals surface area contributed by atoms with Gasteiger partial charge in [0.15, 0.2) is 0 Å². The molecule has 0 radical (unpaired) electrons. The van der Waals surface area contributed by atoms with Gasteiger partial charge in [0.05, 0.1) is 5.69 Å². The third-order valence-electron chi connectivity index (χ3n) is 3.64. The molecule has 0 unspecified atom stereocenters. The summed E-state index contributed by atoms with van der Waals surface area (Å²) in [6.07, 6.45) is 3.09. The van der Waals surface area contributed by atoms with E-state index in [2.05, 4.69) is 40.8 Å². The van der Waals surface area contributed by atoms with Crippen LogP contribution in [0, 0.1) is 25.2 Å². The monoisotopic (exact) mass is 285 g/mol. The van der Waals surface area contributed by atoms with Crippen LogP contribution in [-0.2, 0) is 20.1 Å². The van der Waals surface area contributed by atoms with Crippen LogP contribution in [0.2, 0.25) is 0 Å². The maximum Gasteiger partial charge on any atom is 0.120 e. The van der Waals surface area contributed by atoms with Crippen LogP contribution in [0.15, 0.2) is 18.3 Å². The van der Waals surface area contributed by atoms with Crippen LogP contribution >= 0.6 is 0 Å². The van der Waals surface area contributed by atoms with E-state index in [1.807, 2.05) is 30.8 Å². The van der Waals surface area contributed by atoms with Crippen molar-refractivity contribution >= 4 is 0 Å². The van der Waals surface area contributed by atoms with Crippen LogP contribution in [0.3, 0.4) is 0 Å². The first-order valence-electron chi connectivity index (χ1n) is 7.24. The summed E-state index contributed by atoms with van der Waals surface area (Å²) in [5, 5.41) is 13.4. The van der Waals surface area contributed by atoms with Gasteiger partial charge in [0.25, 0.3) is 0 Å². The molecule has 5 nitrogen and oxygen atoms in total. The molecule has 112 valence electrons. The van der Waals surface area contributed by atoms with Crippen molar-refractivity contribution in [3.05, 3.63) is 41.0 Å². The van der Waals surface area contributed by atoms with Crippen molar-refractivity contribution in [2.75, 3.05) is 13.6 Å². The Balaban J connectivity index is 1.81. The number of rotatable bonds is 6. The lowest BCUT2D eigenvalue weighted by atomic mass is 10.3. The quantitative estimate of drug-likeness (QED) is 0.818. The molecule has 2 rings (SSSR count). The number of aromatic nitrogens is 3. The largest absolute Gasteiger partial charge is 0.342 e. The standard InChI is InChI=1S/C16H23N5/c1-13-8-14(2)21(18-13)7-5-6-19(3)11-15-9-16(10-17)20(4)12-15/h8-9,12H,5-7,11H2,1-4H3. The van der Waals surface area contributed by atoms with Crippen molar-refractivity contribution in [2.24, 2.45) is 7.05 Å². The molecular weight excluding hydrogens is 262 g/mol. The zero-order chi connectivity index (χ0) is 15.4. The molecule has 0 aliphatic rings. The van der Waals surface area contributed by atoms with Crippen LogP contribution in [0.4, 0.5) is 0 Å². The minimum absolute atomic E-state index is 0.709. The molecule has 0 spiro atoms. The summed E-state index contributed by atoms with van der Waals surface area (Å²) in [4.78, 5) is 2.28. The van der Waals surface area contributed by atoms with Gasteiger partial charge >= 0.3 is 0 Å². The highest BCUT2D eigenvalue weighted by Gasteiger charge is 2.06. The summed E-state index contributed by atoms with van der Waals surface area (Å²) >= 11 is 0. The van der Waals surface area contributed by atoms with Crippen LogP contribution < -0.4 is 0 Å². The second kappa shape index (κ2) is 6.59. The molecule has 0 bridgehead atoms. The van der Waals surface area contributed by atoms with E-state index in [9.17, 15) is 0 Å². The number of aryl methyl sites for hydroxylation is 4. The topological polar surface area (TPSA) is 49.8 Å². The van der Waals surface area contributed by atoms with Gasteiger partial charge in [-0.05, 0) is 51.6 Å². The molecule has 0 aliphatic heterocycles. The fourth-order valence-electron chi connectivity index (χ4n) is 2.61. The van der Waals surface area contributed by atoms with Gasteiger partial charge in [-0.25, -0.2) is 0 Å². The van der Waals surface area contributed by atoms with Crippen molar-refractivity contribution in [1.82, 2.24) is 19.2 Å². The van der Waals surface area contributed by atoms with Gasteiger partial charge < -0.3 is 9.47 Å². The van der Waals surface area contributed by atoms with Gasteiger partial charge in [-0.3, -0.25) is 4.68 Å². The summed E-state index contributed by atoms with van der Waals surface area (Å²) < 4.78 is 3.94. The highest BCUT2D eigenvalue weighted by molar-refractivity contribution is 5.28. The molecule has 0 aromatic carbocycles. The Morgan fingerprint density at radius 3 is 2.67 bits per heavy atom. The van der Waals surface area contributed by atoms with Gasteiger partial charge in [0.2, 0.25) is 0 Å². The highest BCUT2D eigenvalue weighted by atomic mass is 15.3. The Labute approximate surface area is 126 Å². The fourth-order valence-corrected chi connectivity index (χ4v) is 2.61. The maximum absolute atomic E-state index is 8.97. The lowest BCUT2D eigenvalue weighted by Gasteiger charge is -2.15. The Bertz CT molecular complexity index is 644. The number of nitriles is 1. The second-order valence-corrected chi connectivity index (χ2v) is 5.70. The number of hydrogen-bond donors (Lipinski definition) is 0. The van der Waals surface area contributed by atoms with E-state index in [1.165, 1.54) is 11.3 Å². The molecule has 0 atom stereocenters. The highest BCUT2D eigenvalue weighted by Crippen LogP contribution is 2.09. The molecule has 0 amide bonds. The van der Waals surface area contributed by atoms with E-state index in [4.69, 9.17) is 5.26 Å². The molecule has 5 heteroatoms. The van der Waals surface area contributed by atoms with E-state index >= 15 is 0 Å². The maximum atomic E-state index is 8.97. The molecule has 2 heterocycles. The predicted molar refractivity (Wildman–Crippen MR) is 82.8 cm³/mol. The normalized spacial score (nSPS) is 11.0. The summed E-state index contributed by atoms with van der Waals surface area (Å²) in [5.41, 5.74) is 4.19. The molecule has 0 fully saturated rings. The fraction of sp³-hybridized carbons (Fsp3) is 0.500. The Morgan fingerprint density at radius 2 is 2.10 bits per heavy atom. The lowest BCUT2D eigenvalue weighted by molar-refractivity contribution is 0.310. The van der Waals surface area contributed by atoms with Crippen LogP contribution in [-0.4, -0.2) is 32.8 Å². The smallest absolute Gasteiger partial charge is 0.120 e. The van der Waals surface area contributed by atoms with Crippen LogP contribution in [0.5, 0.6) is 0 Å². The van der Waals surface area contributed by atoms with Gasteiger partial charge in [-0.15, -0.1) is 0 Å². The van der Waals surface area contributed by atoms with Gasteiger partial charge in [0.1, 0.15) is 11.8 Å². The molecule has 0 saturated carbocycles. The average molecular weight is 285 g/mol. The molecule has 0 saturated heterocycles. The lowest BCUT2D eigenvalue weighted by Crippen LogP contribution is -2.20. The van der Waals surface area contributed by atoms with Crippen molar-refractivity contribution < 1.29 is 0 Å². The van der Waals surface area contributed by atoms with E-state index in [-0.39, 0.29) is 0 Å². The third kappa shape index (κ3) is 3.96. The third-order valence-corrected chi connectivity index (χ3v) is 3.64. The summed E-state index contributed by atoms with van der Waals surface area (Å²) in [6, 6.07) is 6.26. The Kier molecular flexibility index (Phi) is 4.81. The second-order valence-electron chi connectivity index (χ2n) is 5.70.